The molecule has 1 N–H and O–H groups in total. The van der Waals surface area contributed by atoms with Crippen molar-refractivity contribution in [2.24, 2.45) is 0 Å². The molecule has 1 aliphatic heterocycles. The zero-order valence-electron chi connectivity index (χ0n) is 10.0. The van der Waals surface area contributed by atoms with Crippen molar-refractivity contribution in [3.63, 3.8) is 0 Å². The Morgan fingerprint density at radius 1 is 1.50 bits per heavy atom. The van der Waals surface area contributed by atoms with Crippen molar-refractivity contribution in [2.75, 3.05) is 26.4 Å². The molecule has 4 nitrogen and oxygen atoms in total. The highest BCUT2D eigenvalue weighted by Crippen LogP contribution is 2.17. The molecule has 0 spiro atoms. The van der Waals surface area contributed by atoms with Crippen LogP contribution in [-0.2, 0) is 16.0 Å². The van der Waals surface area contributed by atoms with Crippen LogP contribution < -0.4 is 0 Å². The molecule has 1 atom stereocenters. The lowest BCUT2D eigenvalue weighted by Gasteiger charge is -2.34. The summed E-state index contributed by atoms with van der Waals surface area (Å²) in [7, 11) is 0. The van der Waals surface area contributed by atoms with E-state index in [1.54, 1.807) is 11.0 Å². The van der Waals surface area contributed by atoms with Crippen molar-refractivity contribution in [1.82, 2.24) is 4.90 Å². The van der Waals surface area contributed by atoms with Crippen molar-refractivity contribution >= 4 is 17.5 Å². The van der Waals surface area contributed by atoms with Gasteiger partial charge in [-0.15, -0.1) is 0 Å². The summed E-state index contributed by atoms with van der Waals surface area (Å²) in [6, 6.07) is 7.06. The number of carbonyl (C=O) groups excluding carboxylic acids is 1. The van der Waals surface area contributed by atoms with Crippen LogP contribution >= 0.6 is 11.6 Å². The Labute approximate surface area is 111 Å². The number of halogens is 1. The number of benzene rings is 1. The van der Waals surface area contributed by atoms with Gasteiger partial charge in [-0.2, -0.15) is 0 Å². The van der Waals surface area contributed by atoms with Gasteiger partial charge in [0.15, 0.2) is 0 Å². The predicted molar refractivity (Wildman–Crippen MR) is 68.6 cm³/mol. The molecule has 0 bridgehead atoms. The van der Waals surface area contributed by atoms with E-state index in [9.17, 15) is 9.90 Å². The predicted octanol–water partition coefficient (Wildman–Crippen LogP) is 1.10. The molecule has 1 aromatic rings. The summed E-state index contributed by atoms with van der Waals surface area (Å²) < 4.78 is 5.25. The SMILES string of the molecule is O=C(Cc1ccccc1Cl)N1CCOCC1CO. The number of carbonyl (C=O) groups is 1. The maximum atomic E-state index is 12.2. The molecule has 98 valence electrons. The van der Waals surface area contributed by atoms with Gasteiger partial charge in [0.1, 0.15) is 0 Å². The number of rotatable bonds is 3. The third-order valence-corrected chi connectivity index (χ3v) is 3.43. The van der Waals surface area contributed by atoms with Gasteiger partial charge in [0.05, 0.1) is 32.3 Å². The monoisotopic (exact) mass is 269 g/mol. The molecule has 1 aromatic carbocycles. The first kappa shape index (κ1) is 13.3. The van der Waals surface area contributed by atoms with E-state index in [2.05, 4.69) is 0 Å². The van der Waals surface area contributed by atoms with Gasteiger partial charge in [0, 0.05) is 11.6 Å². The molecular formula is C13H16ClNO3. The van der Waals surface area contributed by atoms with Gasteiger partial charge in [-0.05, 0) is 11.6 Å². The summed E-state index contributed by atoms with van der Waals surface area (Å²) >= 11 is 6.03. The zero-order valence-corrected chi connectivity index (χ0v) is 10.8. The fourth-order valence-corrected chi connectivity index (χ4v) is 2.24. The number of hydrogen-bond acceptors (Lipinski definition) is 3. The Balaban J connectivity index is 2.05. The van der Waals surface area contributed by atoms with Crippen LogP contribution in [0.1, 0.15) is 5.56 Å². The molecular weight excluding hydrogens is 254 g/mol. The minimum Gasteiger partial charge on any atom is -0.394 e. The summed E-state index contributed by atoms with van der Waals surface area (Å²) in [6.07, 6.45) is 0.260. The van der Waals surface area contributed by atoms with Gasteiger partial charge in [-0.1, -0.05) is 29.8 Å². The van der Waals surface area contributed by atoms with Crippen LogP contribution in [0.25, 0.3) is 0 Å². The number of amides is 1. The van der Waals surface area contributed by atoms with Gasteiger partial charge in [-0.25, -0.2) is 0 Å². The molecule has 2 rings (SSSR count). The summed E-state index contributed by atoms with van der Waals surface area (Å²) in [5.41, 5.74) is 0.812. The standard InChI is InChI=1S/C13H16ClNO3/c14-12-4-2-1-3-10(12)7-13(17)15-5-6-18-9-11(15)8-16/h1-4,11,16H,5-9H2. The van der Waals surface area contributed by atoms with Crippen molar-refractivity contribution < 1.29 is 14.6 Å². The molecule has 0 aliphatic carbocycles. The average Bonchev–Trinajstić information content (AvgIpc) is 2.41. The number of aliphatic hydroxyl groups is 1. The molecule has 0 saturated carbocycles. The number of ether oxygens (including phenoxy) is 1. The molecule has 0 aromatic heterocycles. The maximum absolute atomic E-state index is 12.2. The van der Waals surface area contributed by atoms with Crippen LogP contribution in [0.2, 0.25) is 5.02 Å². The van der Waals surface area contributed by atoms with E-state index in [1.807, 2.05) is 18.2 Å². The summed E-state index contributed by atoms with van der Waals surface area (Å²) in [5.74, 6) is -0.0227. The molecule has 1 heterocycles. The van der Waals surface area contributed by atoms with Crippen LogP contribution in [-0.4, -0.2) is 48.3 Å². The maximum Gasteiger partial charge on any atom is 0.227 e. The smallest absolute Gasteiger partial charge is 0.227 e. The Kier molecular flexibility index (Phi) is 4.58. The van der Waals surface area contributed by atoms with E-state index in [4.69, 9.17) is 16.3 Å². The summed E-state index contributed by atoms with van der Waals surface area (Å²) in [4.78, 5) is 13.9. The van der Waals surface area contributed by atoms with Crippen molar-refractivity contribution in [1.29, 1.82) is 0 Å². The van der Waals surface area contributed by atoms with Gasteiger partial charge in [0.25, 0.3) is 0 Å². The van der Waals surface area contributed by atoms with E-state index >= 15 is 0 Å². The van der Waals surface area contributed by atoms with Crippen LogP contribution in [0.5, 0.6) is 0 Å². The molecule has 1 saturated heterocycles. The second-order valence-electron chi connectivity index (χ2n) is 4.27. The normalized spacial score (nSPS) is 19.9. The molecule has 18 heavy (non-hydrogen) atoms. The highest BCUT2D eigenvalue weighted by Gasteiger charge is 2.26. The quantitative estimate of drug-likeness (QED) is 0.894. The number of hydrogen-bond donors (Lipinski definition) is 1. The minimum atomic E-state index is -0.242. The Morgan fingerprint density at radius 2 is 2.28 bits per heavy atom. The number of nitrogens with zero attached hydrogens (tertiary/aromatic N) is 1. The van der Waals surface area contributed by atoms with Crippen LogP contribution in [0, 0.1) is 0 Å². The lowest BCUT2D eigenvalue weighted by atomic mass is 10.1. The number of morpholine rings is 1. The minimum absolute atomic E-state index is 0.0227. The van der Waals surface area contributed by atoms with E-state index in [1.165, 1.54) is 0 Å². The average molecular weight is 270 g/mol. The zero-order chi connectivity index (χ0) is 13.0. The van der Waals surface area contributed by atoms with Crippen LogP contribution in [0.3, 0.4) is 0 Å². The molecule has 1 aliphatic rings. The second-order valence-corrected chi connectivity index (χ2v) is 4.67. The van der Waals surface area contributed by atoms with Gasteiger partial charge < -0.3 is 14.7 Å². The van der Waals surface area contributed by atoms with Gasteiger partial charge in [-0.3, -0.25) is 4.79 Å². The van der Waals surface area contributed by atoms with Gasteiger partial charge in [0.2, 0.25) is 5.91 Å². The summed E-state index contributed by atoms with van der Waals surface area (Å²) in [6.45, 7) is 1.36. The molecule has 5 heteroatoms. The van der Waals surface area contributed by atoms with Crippen molar-refractivity contribution in [3.05, 3.63) is 34.9 Å². The third kappa shape index (κ3) is 3.02. The third-order valence-electron chi connectivity index (χ3n) is 3.06. The first-order chi connectivity index (χ1) is 8.72. The Hall–Kier alpha value is -1.10. The van der Waals surface area contributed by atoms with E-state index < -0.39 is 0 Å². The van der Waals surface area contributed by atoms with E-state index in [0.717, 1.165) is 5.56 Å². The highest BCUT2D eigenvalue weighted by atomic mass is 35.5. The van der Waals surface area contributed by atoms with Gasteiger partial charge >= 0.3 is 0 Å². The van der Waals surface area contributed by atoms with Crippen molar-refractivity contribution in [2.45, 2.75) is 12.5 Å². The second kappa shape index (κ2) is 6.18. The molecule has 1 fully saturated rings. The summed E-state index contributed by atoms with van der Waals surface area (Å²) in [5, 5.41) is 9.83. The largest absolute Gasteiger partial charge is 0.394 e. The van der Waals surface area contributed by atoms with Crippen LogP contribution in [0.15, 0.2) is 24.3 Å². The van der Waals surface area contributed by atoms with E-state index in [-0.39, 0.29) is 25.0 Å². The lowest BCUT2D eigenvalue weighted by Crippen LogP contribution is -2.51. The Bertz CT molecular complexity index is 424. The fraction of sp³-hybridized carbons (Fsp3) is 0.462. The lowest BCUT2D eigenvalue weighted by molar-refractivity contribution is -0.140. The fourth-order valence-electron chi connectivity index (χ4n) is 2.04. The van der Waals surface area contributed by atoms with Crippen LogP contribution in [0.4, 0.5) is 0 Å². The Morgan fingerprint density at radius 3 is 3.00 bits per heavy atom. The topological polar surface area (TPSA) is 49.8 Å². The molecule has 0 radical (unpaired) electrons. The van der Waals surface area contributed by atoms with E-state index in [0.29, 0.717) is 24.8 Å². The van der Waals surface area contributed by atoms with Crippen molar-refractivity contribution in [3.8, 4) is 0 Å². The first-order valence-electron chi connectivity index (χ1n) is 5.94. The number of aliphatic hydroxyl groups excluding tert-OH is 1. The molecule has 1 unspecified atom stereocenters. The highest BCUT2D eigenvalue weighted by molar-refractivity contribution is 6.31. The first-order valence-corrected chi connectivity index (χ1v) is 6.31. The molecule has 1 amide bonds.